The van der Waals surface area contributed by atoms with Gasteiger partial charge >= 0.3 is 0 Å². The lowest BCUT2D eigenvalue weighted by molar-refractivity contribution is 0.515. The lowest BCUT2D eigenvalue weighted by atomic mass is 10.1. The summed E-state index contributed by atoms with van der Waals surface area (Å²) in [6.45, 7) is 5.90. The van der Waals surface area contributed by atoms with Crippen LogP contribution >= 0.6 is 11.3 Å². The molecule has 2 aromatic heterocycles. The van der Waals surface area contributed by atoms with E-state index < -0.39 is 0 Å². The summed E-state index contributed by atoms with van der Waals surface area (Å²) in [7, 11) is 1.94. The number of nitrogens with zero attached hydrogens (tertiary/aromatic N) is 5. The molecule has 0 aromatic carbocycles. The number of aliphatic imine (C=N–C) groups is 1. The van der Waals surface area contributed by atoms with Crippen LogP contribution in [0.15, 0.2) is 34.5 Å². The molecule has 0 spiro atoms. The molecule has 1 aliphatic rings. The first-order valence-electron chi connectivity index (χ1n) is 7.18. The Kier molecular flexibility index (Phi) is 3.88. The Morgan fingerprint density at radius 3 is 2.76 bits per heavy atom. The van der Waals surface area contributed by atoms with E-state index in [1.165, 1.54) is 11.3 Å². The number of aryl methyl sites for hydroxylation is 1. The molecule has 0 atom stereocenters. The molecular formula is C15H19N5S. The summed E-state index contributed by atoms with van der Waals surface area (Å²) in [5.41, 5.74) is 3.55. The molecule has 3 heterocycles. The van der Waals surface area contributed by atoms with Crippen LogP contribution in [0.4, 0.5) is 0 Å². The Labute approximate surface area is 128 Å². The molecule has 0 amide bonds. The van der Waals surface area contributed by atoms with Crippen LogP contribution < -0.4 is 0 Å². The Bertz CT molecular complexity index is 681. The number of hydrogen-bond acceptors (Lipinski definition) is 5. The van der Waals surface area contributed by atoms with Crippen molar-refractivity contribution < 1.29 is 0 Å². The van der Waals surface area contributed by atoms with Crippen LogP contribution in [-0.2, 0) is 7.05 Å². The third-order valence-electron chi connectivity index (χ3n) is 3.61. The summed E-state index contributed by atoms with van der Waals surface area (Å²) in [6.07, 6.45) is 4.77. The fourth-order valence-corrected chi connectivity index (χ4v) is 3.34. The molecule has 0 N–H and O–H groups in total. The Balaban J connectivity index is 2.02. The van der Waals surface area contributed by atoms with Gasteiger partial charge in [0.05, 0.1) is 12.2 Å². The van der Waals surface area contributed by atoms with Crippen LogP contribution in [-0.4, -0.2) is 38.6 Å². The number of rotatable bonds is 4. The van der Waals surface area contributed by atoms with Gasteiger partial charge in [-0.3, -0.25) is 9.67 Å². The van der Waals surface area contributed by atoms with E-state index in [-0.39, 0.29) is 0 Å². The first-order valence-corrected chi connectivity index (χ1v) is 8.06. The van der Waals surface area contributed by atoms with Gasteiger partial charge in [-0.05, 0) is 19.4 Å². The smallest absolute Gasteiger partial charge is 0.165 e. The van der Waals surface area contributed by atoms with Crippen molar-refractivity contribution in [2.75, 3.05) is 13.1 Å². The fourth-order valence-electron chi connectivity index (χ4n) is 2.69. The predicted molar refractivity (Wildman–Crippen MR) is 86.3 cm³/mol. The number of allylic oxidation sites excluding steroid dienone is 1. The second-order valence-corrected chi connectivity index (χ2v) is 5.77. The van der Waals surface area contributed by atoms with Gasteiger partial charge in [-0.15, -0.1) is 11.3 Å². The summed E-state index contributed by atoms with van der Waals surface area (Å²) in [4.78, 5) is 11.5. The van der Waals surface area contributed by atoms with Crippen molar-refractivity contribution in [1.29, 1.82) is 0 Å². The van der Waals surface area contributed by atoms with E-state index in [1.54, 1.807) is 11.3 Å². The highest BCUT2D eigenvalue weighted by Gasteiger charge is 2.25. The second-order valence-electron chi connectivity index (χ2n) is 4.87. The minimum absolute atomic E-state index is 0.672. The first kappa shape index (κ1) is 14.0. The lowest BCUT2D eigenvalue weighted by Crippen LogP contribution is -2.34. The zero-order chi connectivity index (χ0) is 14.8. The van der Waals surface area contributed by atoms with Crippen LogP contribution in [0.1, 0.15) is 31.0 Å². The molecule has 0 saturated heterocycles. The van der Waals surface area contributed by atoms with Crippen molar-refractivity contribution in [1.82, 2.24) is 19.7 Å². The Morgan fingerprint density at radius 2 is 2.19 bits per heavy atom. The van der Waals surface area contributed by atoms with E-state index in [0.29, 0.717) is 6.54 Å². The molecular weight excluding hydrogens is 282 g/mol. The average Bonchev–Trinajstić information content (AvgIpc) is 3.16. The summed E-state index contributed by atoms with van der Waals surface area (Å²) < 4.78 is 1.84. The largest absolute Gasteiger partial charge is 0.328 e. The monoisotopic (exact) mass is 301 g/mol. The van der Waals surface area contributed by atoms with E-state index in [0.717, 1.165) is 29.5 Å². The van der Waals surface area contributed by atoms with Crippen LogP contribution in [0, 0.1) is 0 Å². The minimum Gasteiger partial charge on any atom is -0.328 e. The van der Waals surface area contributed by atoms with Crippen molar-refractivity contribution >= 4 is 22.7 Å². The number of amidine groups is 1. The molecule has 110 valence electrons. The van der Waals surface area contributed by atoms with E-state index >= 15 is 0 Å². The van der Waals surface area contributed by atoms with Gasteiger partial charge in [0, 0.05) is 42.6 Å². The average molecular weight is 301 g/mol. The summed E-state index contributed by atoms with van der Waals surface area (Å²) >= 11 is 1.64. The van der Waals surface area contributed by atoms with Crippen molar-refractivity contribution in [2.45, 2.75) is 20.3 Å². The number of thiazole rings is 1. The number of aromatic nitrogens is 3. The molecule has 0 fully saturated rings. The van der Waals surface area contributed by atoms with E-state index in [2.05, 4.69) is 34.9 Å². The predicted octanol–water partition coefficient (Wildman–Crippen LogP) is 2.78. The highest BCUT2D eigenvalue weighted by Crippen LogP contribution is 2.29. The van der Waals surface area contributed by atoms with E-state index in [1.807, 2.05) is 29.5 Å². The van der Waals surface area contributed by atoms with Gasteiger partial charge in [-0.1, -0.05) is 6.92 Å². The molecule has 0 saturated carbocycles. The third-order valence-corrected chi connectivity index (χ3v) is 4.38. The normalized spacial score (nSPS) is 15.6. The highest BCUT2D eigenvalue weighted by molar-refractivity contribution is 7.11. The molecule has 0 bridgehead atoms. The minimum atomic E-state index is 0.672. The molecule has 0 aliphatic carbocycles. The van der Waals surface area contributed by atoms with Crippen molar-refractivity contribution in [3.8, 4) is 0 Å². The van der Waals surface area contributed by atoms with Gasteiger partial charge in [0.15, 0.2) is 10.8 Å². The maximum absolute atomic E-state index is 4.77. The number of hydrogen-bond donors (Lipinski definition) is 0. The molecule has 1 aliphatic heterocycles. The zero-order valence-electron chi connectivity index (χ0n) is 12.6. The summed E-state index contributed by atoms with van der Waals surface area (Å²) in [5.74, 6) is 0.990. The van der Waals surface area contributed by atoms with Crippen molar-refractivity contribution in [3.63, 3.8) is 0 Å². The van der Waals surface area contributed by atoms with Gasteiger partial charge in [0.2, 0.25) is 0 Å². The van der Waals surface area contributed by atoms with Gasteiger partial charge < -0.3 is 4.90 Å². The van der Waals surface area contributed by atoms with Gasteiger partial charge in [-0.2, -0.15) is 5.10 Å². The van der Waals surface area contributed by atoms with Crippen LogP contribution in [0.3, 0.4) is 0 Å². The standard InChI is InChI=1S/C15H19N5S/c1-4-13-11(12-6-8-19(3)18-12)10-17-14(20(13)5-2)15-16-7-9-21-15/h6-9H,4-5,10H2,1-3H3. The first-order chi connectivity index (χ1) is 10.2. The third kappa shape index (κ3) is 2.51. The van der Waals surface area contributed by atoms with Crippen LogP contribution in [0.2, 0.25) is 0 Å². The molecule has 2 aromatic rings. The SMILES string of the molecule is CCC1=C(c2ccn(C)n2)CN=C(c2nccs2)N1CC. The van der Waals surface area contributed by atoms with E-state index in [4.69, 9.17) is 4.99 Å². The molecule has 0 radical (unpaired) electrons. The van der Waals surface area contributed by atoms with Crippen molar-refractivity contribution in [3.05, 3.63) is 40.2 Å². The Hall–Kier alpha value is -1.95. The molecule has 21 heavy (non-hydrogen) atoms. The quantitative estimate of drug-likeness (QED) is 0.872. The second kappa shape index (κ2) is 5.81. The Morgan fingerprint density at radius 1 is 1.33 bits per heavy atom. The van der Waals surface area contributed by atoms with Crippen molar-refractivity contribution in [2.24, 2.45) is 12.0 Å². The maximum atomic E-state index is 4.77. The van der Waals surface area contributed by atoms with Crippen LogP contribution in [0.5, 0.6) is 0 Å². The van der Waals surface area contributed by atoms with E-state index in [9.17, 15) is 0 Å². The van der Waals surface area contributed by atoms with Gasteiger partial charge in [0.25, 0.3) is 0 Å². The summed E-state index contributed by atoms with van der Waals surface area (Å²) in [6, 6.07) is 2.06. The van der Waals surface area contributed by atoms with Crippen LogP contribution in [0.25, 0.3) is 5.57 Å². The zero-order valence-corrected chi connectivity index (χ0v) is 13.4. The molecule has 0 unspecified atom stereocenters. The van der Waals surface area contributed by atoms with Gasteiger partial charge in [0.1, 0.15) is 0 Å². The topological polar surface area (TPSA) is 46.3 Å². The fraction of sp³-hybridized carbons (Fsp3) is 0.400. The molecule has 6 heteroatoms. The highest BCUT2D eigenvalue weighted by atomic mass is 32.1. The maximum Gasteiger partial charge on any atom is 0.165 e. The molecule has 5 nitrogen and oxygen atoms in total. The van der Waals surface area contributed by atoms with Gasteiger partial charge in [-0.25, -0.2) is 4.98 Å². The lowest BCUT2D eigenvalue weighted by Gasteiger charge is -2.31. The summed E-state index contributed by atoms with van der Waals surface area (Å²) in [5, 5.41) is 7.52. The molecule has 3 rings (SSSR count).